The van der Waals surface area contributed by atoms with Gasteiger partial charge in [0.2, 0.25) is 0 Å². The van der Waals surface area contributed by atoms with Gasteiger partial charge in [-0.15, -0.1) is 0 Å². The van der Waals surface area contributed by atoms with Crippen molar-refractivity contribution in [2.24, 2.45) is 0 Å². The summed E-state index contributed by atoms with van der Waals surface area (Å²) in [5.74, 6) is 1.07. The highest BCUT2D eigenvalue weighted by Crippen LogP contribution is 2.33. The Labute approximate surface area is 175 Å². The zero-order valence-electron chi connectivity index (χ0n) is 17.1. The maximum Gasteiger partial charge on any atom is 0.263 e. The number of amides is 1. The summed E-state index contributed by atoms with van der Waals surface area (Å²) < 4.78 is 12.3. The van der Waals surface area contributed by atoms with Crippen LogP contribution in [0, 0.1) is 0 Å². The van der Waals surface area contributed by atoms with Crippen molar-refractivity contribution in [1.82, 2.24) is 9.47 Å². The number of methoxy groups -OCH3 is 2. The lowest BCUT2D eigenvalue weighted by atomic mass is 9.98. The normalized spacial score (nSPS) is 12.9. The van der Waals surface area contributed by atoms with Gasteiger partial charge in [0.15, 0.2) is 11.5 Å². The van der Waals surface area contributed by atoms with E-state index in [0.29, 0.717) is 37.6 Å². The third kappa shape index (κ3) is 3.81. The fourth-order valence-corrected chi connectivity index (χ4v) is 3.83. The first-order valence-electron chi connectivity index (χ1n) is 9.87. The SMILES string of the molecule is COc1cc2c(cc1OC)CN(C(=O)c1cccn(Cc3ccccc3)c1=O)CC2. The molecule has 0 saturated heterocycles. The van der Waals surface area contributed by atoms with Crippen LogP contribution in [-0.2, 0) is 19.5 Å². The van der Waals surface area contributed by atoms with Crippen LogP contribution in [-0.4, -0.2) is 36.1 Å². The highest BCUT2D eigenvalue weighted by molar-refractivity contribution is 5.94. The van der Waals surface area contributed by atoms with E-state index in [1.54, 1.807) is 42.0 Å². The molecule has 30 heavy (non-hydrogen) atoms. The van der Waals surface area contributed by atoms with Crippen molar-refractivity contribution in [2.45, 2.75) is 19.5 Å². The predicted molar refractivity (Wildman–Crippen MR) is 114 cm³/mol. The van der Waals surface area contributed by atoms with Gasteiger partial charge in [-0.05, 0) is 47.4 Å². The monoisotopic (exact) mass is 404 g/mol. The van der Waals surface area contributed by atoms with Gasteiger partial charge in [-0.25, -0.2) is 0 Å². The van der Waals surface area contributed by atoms with E-state index in [0.717, 1.165) is 16.7 Å². The van der Waals surface area contributed by atoms with E-state index in [-0.39, 0.29) is 17.0 Å². The number of benzene rings is 2. The van der Waals surface area contributed by atoms with Crippen LogP contribution >= 0.6 is 0 Å². The average molecular weight is 404 g/mol. The number of pyridine rings is 1. The van der Waals surface area contributed by atoms with E-state index in [1.807, 2.05) is 42.5 Å². The Morgan fingerprint density at radius 2 is 1.67 bits per heavy atom. The molecular formula is C24H24N2O4. The summed E-state index contributed by atoms with van der Waals surface area (Å²) in [5, 5.41) is 0. The minimum Gasteiger partial charge on any atom is -0.493 e. The molecule has 0 saturated carbocycles. The predicted octanol–water partition coefficient (Wildman–Crippen LogP) is 3.11. The fourth-order valence-electron chi connectivity index (χ4n) is 3.83. The van der Waals surface area contributed by atoms with Crippen LogP contribution in [0.5, 0.6) is 11.5 Å². The number of hydrogen-bond donors (Lipinski definition) is 0. The first-order chi connectivity index (χ1) is 14.6. The topological polar surface area (TPSA) is 60.8 Å². The summed E-state index contributed by atoms with van der Waals surface area (Å²) in [7, 11) is 3.20. The number of carbonyl (C=O) groups is 1. The fraction of sp³-hybridized carbons (Fsp3) is 0.250. The first kappa shape index (κ1) is 19.8. The van der Waals surface area contributed by atoms with Crippen molar-refractivity contribution in [3.05, 3.63) is 93.4 Å². The first-order valence-corrected chi connectivity index (χ1v) is 9.87. The van der Waals surface area contributed by atoms with Crippen LogP contribution in [0.1, 0.15) is 27.0 Å². The Morgan fingerprint density at radius 1 is 0.967 bits per heavy atom. The lowest BCUT2D eigenvalue weighted by molar-refractivity contribution is 0.0732. The van der Waals surface area contributed by atoms with Gasteiger partial charge in [-0.2, -0.15) is 0 Å². The Kier molecular flexibility index (Phi) is 5.57. The van der Waals surface area contributed by atoms with Gasteiger partial charge in [0, 0.05) is 19.3 Å². The molecule has 0 unspecified atom stereocenters. The molecule has 1 aliphatic heterocycles. The van der Waals surface area contributed by atoms with Crippen molar-refractivity contribution in [3.8, 4) is 11.5 Å². The summed E-state index contributed by atoms with van der Waals surface area (Å²) in [6.07, 6.45) is 2.42. The van der Waals surface area contributed by atoms with Gasteiger partial charge >= 0.3 is 0 Å². The van der Waals surface area contributed by atoms with E-state index < -0.39 is 0 Å². The molecule has 4 rings (SSSR count). The molecule has 0 bridgehead atoms. The van der Waals surface area contributed by atoms with Gasteiger partial charge in [0.25, 0.3) is 11.5 Å². The van der Waals surface area contributed by atoms with Gasteiger partial charge < -0.3 is 18.9 Å². The van der Waals surface area contributed by atoms with Crippen molar-refractivity contribution in [3.63, 3.8) is 0 Å². The highest BCUT2D eigenvalue weighted by atomic mass is 16.5. The molecule has 3 aromatic rings. The van der Waals surface area contributed by atoms with Gasteiger partial charge in [-0.1, -0.05) is 30.3 Å². The Morgan fingerprint density at radius 3 is 2.37 bits per heavy atom. The number of rotatable bonds is 5. The lowest BCUT2D eigenvalue weighted by Crippen LogP contribution is -2.39. The van der Waals surface area contributed by atoms with E-state index >= 15 is 0 Å². The summed E-state index contributed by atoms with van der Waals surface area (Å²) in [5.41, 5.74) is 3.07. The minimum absolute atomic E-state index is 0.192. The molecule has 0 atom stereocenters. The van der Waals surface area contributed by atoms with E-state index in [2.05, 4.69) is 0 Å². The maximum absolute atomic E-state index is 13.2. The summed E-state index contributed by atoms with van der Waals surface area (Å²) in [6.45, 7) is 1.41. The van der Waals surface area contributed by atoms with Crippen LogP contribution < -0.4 is 15.0 Å². The average Bonchev–Trinajstić information content (AvgIpc) is 2.79. The number of hydrogen-bond acceptors (Lipinski definition) is 4. The molecule has 6 heteroatoms. The van der Waals surface area contributed by atoms with Gasteiger partial charge in [-0.3, -0.25) is 9.59 Å². The summed E-state index contributed by atoms with van der Waals surface area (Å²) in [4.78, 5) is 27.9. The second-order valence-electron chi connectivity index (χ2n) is 7.29. The van der Waals surface area contributed by atoms with Crippen LogP contribution in [0.4, 0.5) is 0 Å². The quantitative estimate of drug-likeness (QED) is 0.656. The van der Waals surface area contributed by atoms with Crippen molar-refractivity contribution in [2.75, 3.05) is 20.8 Å². The molecule has 0 N–H and O–H groups in total. The zero-order chi connectivity index (χ0) is 21.1. The Bertz CT molecular complexity index is 1120. The van der Waals surface area contributed by atoms with Crippen LogP contribution in [0.2, 0.25) is 0 Å². The van der Waals surface area contributed by atoms with Crippen molar-refractivity contribution >= 4 is 5.91 Å². The third-order valence-electron chi connectivity index (χ3n) is 5.45. The number of carbonyl (C=O) groups excluding carboxylic acids is 1. The molecule has 154 valence electrons. The summed E-state index contributed by atoms with van der Waals surface area (Å²) in [6, 6.07) is 17.0. The molecule has 2 aromatic carbocycles. The number of nitrogens with zero attached hydrogens (tertiary/aromatic N) is 2. The van der Waals surface area contributed by atoms with Crippen molar-refractivity contribution < 1.29 is 14.3 Å². The smallest absolute Gasteiger partial charge is 0.263 e. The van der Waals surface area contributed by atoms with Crippen LogP contribution in [0.25, 0.3) is 0 Å². The van der Waals surface area contributed by atoms with E-state index in [1.165, 1.54) is 0 Å². The molecule has 0 radical (unpaired) electrons. The van der Waals surface area contributed by atoms with Gasteiger partial charge in [0.1, 0.15) is 5.56 Å². The van der Waals surface area contributed by atoms with Crippen LogP contribution in [0.15, 0.2) is 65.6 Å². The molecule has 1 amide bonds. The molecule has 6 nitrogen and oxygen atoms in total. The highest BCUT2D eigenvalue weighted by Gasteiger charge is 2.25. The van der Waals surface area contributed by atoms with E-state index in [4.69, 9.17) is 9.47 Å². The Hall–Kier alpha value is -3.54. The second-order valence-corrected chi connectivity index (χ2v) is 7.29. The summed E-state index contributed by atoms with van der Waals surface area (Å²) >= 11 is 0. The molecule has 2 heterocycles. The molecular weight excluding hydrogens is 380 g/mol. The lowest BCUT2D eigenvalue weighted by Gasteiger charge is -2.29. The molecule has 0 aliphatic carbocycles. The maximum atomic E-state index is 13.2. The largest absolute Gasteiger partial charge is 0.493 e. The molecule has 0 fully saturated rings. The molecule has 0 spiro atoms. The molecule has 1 aliphatic rings. The van der Waals surface area contributed by atoms with Crippen LogP contribution in [0.3, 0.4) is 0 Å². The zero-order valence-corrected chi connectivity index (χ0v) is 17.1. The minimum atomic E-state index is -0.274. The number of ether oxygens (including phenoxy) is 2. The Balaban J connectivity index is 1.59. The standard InChI is InChI=1S/C24H24N2O4/c1-29-21-13-18-10-12-26(16-19(18)14-22(21)30-2)24(28)20-9-6-11-25(23(20)27)15-17-7-4-3-5-8-17/h3-9,11,13-14H,10,12,15-16H2,1-2H3. The second kappa shape index (κ2) is 8.45. The number of aromatic nitrogens is 1. The van der Waals surface area contributed by atoms with Gasteiger partial charge in [0.05, 0.1) is 20.8 Å². The third-order valence-corrected chi connectivity index (χ3v) is 5.45. The van der Waals surface area contributed by atoms with Crippen molar-refractivity contribution in [1.29, 1.82) is 0 Å². The van der Waals surface area contributed by atoms with E-state index in [9.17, 15) is 9.59 Å². The molecule has 1 aromatic heterocycles. The number of fused-ring (bicyclic) bond motifs is 1.